The number of anilines is 1. The number of piperazine rings is 1. The van der Waals surface area contributed by atoms with Gasteiger partial charge in [-0.05, 0) is 42.8 Å². The first-order valence-electron chi connectivity index (χ1n) is 7.27. The summed E-state index contributed by atoms with van der Waals surface area (Å²) in [5.41, 5.74) is 1.39. The van der Waals surface area contributed by atoms with Crippen LogP contribution in [0.1, 0.15) is 18.9 Å². The zero-order valence-corrected chi connectivity index (χ0v) is 12.3. The Labute approximate surface area is 124 Å². The topological polar surface area (TPSA) is 43.8 Å². The molecule has 0 atom stereocenters. The third-order valence-electron chi connectivity index (χ3n) is 3.60. The van der Waals surface area contributed by atoms with Crippen LogP contribution in [0, 0.1) is 5.82 Å². The van der Waals surface area contributed by atoms with Gasteiger partial charge in [0.2, 0.25) is 0 Å². The van der Waals surface area contributed by atoms with Crippen molar-refractivity contribution in [2.24, 2.45) is 0 Å². The second-order valence-corrected chi connectivity index (χ2v) is 5.24. The van der Waals surface area contributed by atoms with Gasteiger partial charge < -0.3 is 10.0 Å². The second kappa shape index (κ2) is 7.22. The van der Waals surface area contributed by atoms with Crippen LogP contribution in [-0.4, -0.2) is 48.7 Å². The number of nitrogens with zero attached hydrogens (tertiary/aromatic N) is 2. The molecule has 0 aromatic heterocycles. The van der Waals surface area contributed by atoms with Crippen LogP contribution in [0.5, 0.6) is 0 Å². The van der Waals surface area contributed by atoms with Gasteiger partial charge in [0.25, 0.3) is 0 Å². The summed E-state index contributed by atoms with van der Waals surface area (Å²) < 4.78 is 13.7. The number of carboxylic acid groups (broad SMARTS) is 1. The van der Waals surface area contributed by atoms with Crippen molar-refractivity contribution < 1.29 is 14.3 Å². The maximum Gasteiger partial charge on any atom is 0.328 e. The SMILES string of the molecule is CCCN1CCN(c2cc(F)cc(/C=C/C(=O)O)c2)CC1. The molecular weight excluding hydrogens is 271 g/mol. The van der Waals surface area contributed by atoms with Crippen molar-refractivity contribution in [2.45, 2.75) is 13.3 Å². The molecule has 0 radical (unpaired) electrons. The van der Waals surface area contributed by atoms with Crippen LogP contribution in [0.15, 0.2) is 24.3 Å². The fraction of sp³-hybridized carbons (Fsp3) is 0.438. The fourth-order valence-electron chi connectivity index (χ4n) is 2.59. The second-order valence-electron chi connectivity index (χ2n) is 5.24. The van der Waals surface area contributed by atoms with Crippen molar-refractivity contribution in [3.05, 3.63) is 35.7 Å². The van der Waals surface area contributed by atoms with E-state index in [4.69, 9.17) is 5.11 Å². The van der Waals surface area contributed by atoms with Gasteiger partial charge >= 0.3 is 5.97 Å². The van der Waals surface area contributed by atoms with Crippen LogP contribution in [0.3, 0.4) is 0 Å². The third kappa shape index (κ3) is 4.56. The Morgan fingerprint density at radius 3 is 2.62 bits per heavy atom. The molecule has 0 saturated carbocycles. The third-order valence-corrected chi connectivity index (χ3v) is 3.60. The molecule has 0 bridgehead atoms. The molecular formula is C16H21FN2O2. The van der Waals surface area contributed by atoms with Crippen LogP contribution < -0.4 is 4.90 Å². The van der Waals surface area contributed by atoms with Gasteiger partial charge in [-0.2, -0.15) is 0 Å². The van der Waals surface area contributed by atoms with Crippen molar-refractivity contribution in [3.8, 4) is 0 Å². The quantitative estimate of drug-likeness (QED) is 0.847. The number of aliphatic carboxylic acids is 1. The summed E-state index contributed by atoms with van der Waals surface area (Å²) in [6.45, 7) is 6.95. The van der Waals surface area contributed by atoms with Gasteiger partial charge in [-0.1, -0.05) is 6.92 Å². The van der Waals surface area contributed by atoms with Crippen LogP contribution in [0.2, 0.25) is 0 Å². The van der Waals surface area contributed by atoms with E-state index in [9.17, 15) is 9.18 Å². The molecule has 5 heteroatoms. The molecule has 1 aromatic carbocycles. The van der Waals surface area contributed by atoms with E-state index in [1.54, 1.807) is 0 Å². The molecule has 114 valence electrons. The largest absolute Gasteiger partial charge is 0.478 e. The molecule has 21 heavy (non-hydrogen) atoms. The Morgan fingerprint density at radius 1 is 1.29 bits per heavy atom. The van der Waals surface area contributed by atoms with Gasteiger partial charge in [-0.25, -0.2) is 9.18 Å². The lowest BCUT2D eigenvalue weighted by molar-refractivity contribution is -0.131. The van der Waals surface area contributed by atoms with Crippen LogP contribution in [0.4, 0.5) is 10.1 Å². The monoisotopic (exact) mass is 292 g/mol. The average molecular weight is 292 g/mol. The molecule has 4 nitrogen and oxygen atoms in total. The summed E-state index contributed by atoms with van der Waals surface area (Å²) in [6, 6.07) is 4.68. The minimum Gasteiger partial charge on any atom is -0.478 e. The molecule has 0 unspecified atom stereocenters. The van der Waals surface area contributed by atoms with Gasteiger partial charge in [0.15, 0.2) is 0 Å². The molecule has 1 aliphatic rings. The van der Waals surface area contributed by atoms with Crippen molar-refractivity contribution in [1.82, 2.24) is 4.90 Å². The number of hydrogen-bond acceptors (Lipinski definition) is 3. The molecule has 1 saturated heterocycles. The minimum atomic E-state index is -1.03. The number of carboxylic acids is 1. The highest BCUT2D eigenvalue weighted by Crippen LogP contribution is 2.21. The highest BCUT2D eigenvalue weighted by Gasteiger charge is 2.17. The number of benzene rings is 1. The first-order chi connectivity index (χ1) is 10.1. The Balaban J connectivity index is 2.08. The van der Waals surface area contributed by atoms with E-state index in [1.807, 2.05) is 6.07 Å². The lowest BCUT2D eigenvalue weighted by Gasteiger charge is -2.36. The van der Waals surface area contributed by atoms with E-state index < -0.39 is 5.97 Å². The van der Waals surface area contributed by atoms with Crippen LogP contribution in [-0.2, 0) is 4.79 Å². The minimum absolute atomic E-state index is 0.339. The lowest BCUT2D eigenvalue weighted by atomic mass is 10.1. The molecule has 1 fully saturated rings. The zero-order valence-electron chi connectivity index (χ0n) is 12.3. The smallest absolute Gasteiger partial charge is 0.328 e. The normalized spacial score (nSPS) is 16.6. The fourth-order valence-corrected chi connectivity index (χ4v) is 2.59. The van der Waals surface area contributed by atoms with E-state index in [1.165, 1.54) is 18.2 Å². The predicted molar refractivity (Wildman–Crippen MR) is 82.0 cm³/mol. The first kappa shape index (κ1) is 15.5. The zero-order chi connectivity index (χ0) is 15.2. The standard InChI is InChI=1S/C16H21FN2O2/c1-2-5-18-6-8-19(9-7-18)15-11-13(3-4-16(20)21)10-14(17)12-15/h3-4,10-12H,2,5-9H2,1H3,(H,20,21)/b4-3+. The van der Waals surface area contributed by atoms with Gasteiger partial charge in [-0.15, -0.1) is 0 Å². The Morgan fingerprint density at radius 2 is 2.00 bits per heavy atom. The van der Waals surface area contributed by atoms with Crippen molar-refractivity contribution in [2.75, 3.05) is 37.6 Å². The summed E-state index contributed by atoms with van der Waals surface area (Å²) in [6.07, 6.45) is 3.59. The first-order valence-corrected chi connectivity index (χ1v) is 7.27. The molecule has 1 aromatic rings. The van der Waals surface area contributed by atoms with Crippen molar-refractivity contribution in [1.29, 1.82) is 0 Å². The predicted octanol–water partition coefficient (Wildman–Crippen LogP) is 2.46. The maximum atomic E-state index is 13.7. The van der Waals surface area contributed by atoms with Crippen LogP contribution in [0.25, 0.3) is 6.08 Å². The Hall–Kier alpha value is -1.88. The van der Waals surface area contributed by atoms with Gasteiger partial charge in [0.1, 0.15) is 5.82 Å². The molecule has 2 rings (SSSR count). The number of carbonyl (C=O) groups is 1. The van der Waals surface area contributed by atoms with Crippen molar-refractivity contribution in [3.63, 3.8) is 0 Å². The van der Waals surface area contributed by atoms with E-state index >= 15 is 0 Å². The molecule has 1 heterocycles. The Kier molecular flexibility index (Phi) is 5.33. The van der Waals surface area contributed by atoms with E-state index in [0.29, 0.717) is 5.56 Å². The summed E-state index contributed by atoms with van der Waals surface area (Å²) in [5.74, 6) is -1.37. The van der Waals surface area contributed by atoms with Crippen molar-refractivity contribution >= 4 is 17.7 Å². The number of halogens is 1. The number of rotatable bonds is 5. The molecule has 1 aliphatic heterocycles. The van der Waals surface area contributed by atoms with Crippen LogP contribution >= 0.6 is 0 Å². The molecule has 0 aliphatic carbocycles. The van der Waals surface area contributed by atoms with Gasteiger partial charge in [0.05, 0.1) is 0 Å². The van der Waals surface area contributed by atoms with E-state index in [0.717, 1.165) is 50.9 Å². The summed E-state index contributed by atoms with van der Waals surface area (Å²) in [5, 5.41) is 8.65. The summed E-state index contributed by atoms with van der Waals surface area (Å²) in [7, 11) is 0. The molecule has 0 spiro atoms. The number of hydrogen-bond donors (Lipinski definition) is 1. The average Bonchev–Trinajstić information content (AvgIpc) is 2.46. The highest BCUT2D eigenvalue weighted by molar-refractivity contribution is 5.85. The summed E-state index contributed by atoms with van der Waals surface area (Å²) >= 11 is 0. The maximum absolute atomic E-state index is 13.7. The molecule has 0 amide bonds. The van der Waals surface area contributed by atoms with Gasteiger partial charge in [0, 0.05) is 37.9 Å². The Bertz CT molecular complexity index is 523. The molecule has 1 N–H and O–H groups in total. The summed E-state index contributed by atoms with van der Waals surface area (Å²) in [4.78, 5) is 15.1. The van der Waals surface area contributed by atoms with E-state index in [-0.39, 0.29) is 5.82 Å². The van der Waals surface area contributed by atoms with E-state index in [2.05, 4.69) is 16.7 Å². The lowest BCUT2D eigenvalue weighted by Crippen LogP contribution is -2.46. The van der Waals surface area contributed by atoms with Gasteiger partial charge in [-0.3, -0.25) is 4.90 Å². The highest BCUT2D eigenvalue weighted by atomic mass is 19.1.